The van der Waals surface area contributed by atoms with Gasteiger partial charge in [0.05, 0.1) is 17.5 Å². The minimum absolute atomic E-state index is 0.0606. The van der Waals surface area contributed by atoms with Gasteiger partial charge in [0.2, 0.25) is 11.8 Å². The summed E-state index contributed by atoms with van der Waals surface area (Å²) in [6.07, 6.45) is 10.3. The molecule has 0 aromatic heterocycles. The van der Waals surface area contributed by atoms with Gasteiger partial charge in [-0.15, -0.1) is 0 Å². The molecule has 24 heavy (non-hydrogen) atoms. The molecule has 0 radical (unpaired) electrons. The number of aryl methyl sites for hydroxylation is 2. The van der Waals surface area contributed by atoms with E-state index in [0.717, 1.165) is 18.5 Å². The summed E-state index contributed by atoms with van der Waals surface area (Å²) >= 11 is 0. The highest BCUT2D eigenvalue weighted by molar-refractivity contribution is 6.22. The van der Waals surface area contributed by atoms with Crippen LogP contribution in [0, 0.1) is 35.5 Å². The minimum atomic E-state index is -0.0905. The van der Waals surface area contributed by atoms with Gasteiger partial charge in [-0.3, -0.25) is 14.5 Å². The molecule has 5 aliphatic carbocycles. The molecule has 3 heteroatoms. The molecule has 1 saturated heterocycles. The molecule has 0 spiro atoms. The number of hydrogen-bond donors (Lipinski definition) is 0. The molecule has 1 heterocycles. The summed E-state index contributed by atoms with van der Waals surface area (Å²) in [6, 6.07) is 6.24. The van der Waals surface area contributed by atoms with E-state index in [9.17, 15) is 9.59 Å². The molecule has 3 nitrogen and oxygen atoms in total. The fourth-order valence-electron chi connectivity index (χ4n) is 6.07. The van der Waals surface area contributed by atoms with E-state index in [-0.39, 0.29) is 23.7 Å². The zero-order valence-corrected chi connectivity index (χ0v) is 13.7. The highest BCUT2D eigenvalue weighted by Gasteiger charge is 2.67. The molecule has 2 amide bonds. The summed E-state index contributed by atoms with van der Waals surface area (Å²) in [5.74, 6) is 1.90. The van der Waals surface area contributed by atoms with Crippen LogP contribution in [0.1, 0.15) is 30.4 Å². The van der Waals surface area contributed by atoms with E-state index in [1.165, 1.54) is 35.3 Å². The number of benzene rings is 1. The van der Waals surface area contributed by atoms with Crippen molar-refractivity contribution in [2.24, 2.45) is 35.5 Å². The molecule has 0 unspecified atom stereocenters. The van der Waals surface area contributed by atoms with Crippen molar-refractivity contribution in [3.63, 3.8) is 0 Å². The van der Waals surface area contributed by atoms with Crippen molar-refractivity contribution in [3.8, 4) is 0 Å². The van der Waals surface area contributed by atoms with Crippen molar-refractivity contribution >= 4 is 17.5 Å². The number of carbonyl (C=O) groups is 2. The SMILES string of the molecule is O=C1[C@H]2[C@@H]3C=C[C@H]([C@@H]4C[C@H]34)[C@@H]2C(=O)N1c1ccc2c(c1)CCCC2. The maximum absolute atomic E-state index is 13.1. The van der Waals surface area contributed by atoms with Crippen LogP contribution in [-0.2, 0) is 22.4 Å². The first-order valence-corrected chi connectivity index (χ1v) is 9.42. The summed E-state index contributed by atoms with van der Waals surface area (Å²) in [5.41, 5.74) is 3.54. The third kappa shape index (κ3) is 1.54. The molecular weight excluding hydrogens is 298 g/mol. The number of amides is 2. The summed E-state index contributed by atoms with van der Waals surface area (Å²) < 4.78 is 0. The molecule has 1 aromatic rings. The average Bonchev–Trinajstić information content (AvgIpc) is 3.39. The number of nitrogens with zero attached hydrogens (tertiary/aromatic N) is 1. The highest BCUT2D eigenvalue weighted by Crippen LogP contribution is 2.65. The molecule has 6 atom stereocenters. The smallest absolute Gasteiger partial charge is 0.238 e. The van der Waals surface area contributed by atoms with Crippen molar-refractivity contribution in [1.29, 1.82) is 0 Å². The van der Waals surface area contributed by atoms with Crippen LogP contribution in [0.5, 0.6) is 0 Å². The predicted molar refractivity (Wildman–Crippen MR) is 90.3 cm³/mol. The highest BCUT2D eigenvalue weighted by atomic mass is 16.2. The van der Waals surface area contributed by atoms with Gasteiger partial charge in [0.25, 0.3) is 0 Å². The lowest BCUT2D eigenvalue weighted by molar-refractivity contribution is -0.124. The molecular formula is C21H21NO2. The van der Waals surface area contributed by atoms with Gasteiger partial charge in [-0.25, -0.2) is 0 Å². The maximum atomic E-state index is 13.1. The van der Waals surface area contributed by atoms with E-state index < -0.39 is 0 Å². The van der Waals surface area contributed by atoms with Crippen LogP contribution in [0.4, 0.5) is 5.69 Å². The molecule has 6 aliphatic rings. The van der Waals surface area contributed by atoms with Crippen LogP contribution in [0.15, 0.2) is 30.4 Å². The summed E-state index contributed by atoms with van der Waals surface area (Å²) in [6.45, 7) is 0. The van der Waals surface area contributed by atoms with Gasteiger partial charge in [-0.1, -0.05) is 18.2 Å². The lowest BCUT2D eigenvalue weighted by Crippen LogP contribution is -2.40. The fourth-order valence-corrected chi connectivity index (χ4v) is 6.07. The lowest BCUT2D eigenvalue weighted by Gasteiger charge is -2.37. The van der Waals surface area contributed by atoms with Gasteiger partial charge in [0.1, 0.15) is 0 Å². The summed E-state index contributed by atoms with van der Waals surface area (Å²) in [7, 11) is 0. The summed E-state index contributed by atoms with van der Waals surface area (Å²) in [4.78, 5) is 27.8. The Morgan fingerprint density at radius 3 is 2.12 bits per heavy atom. The van der Waals surface area contributed by atoms with E-state index in [1.54, 1.807) is 0 Å². The quantitative estimate of drug-likeness (QED) is 0.589. The van der Waals surface area contributed by atoms with Crippen molar-refractivity contribution in [1.82, 2.24) is 0 Å². The Kier molecular flexibility index (Phi) is 2.45. The number of anilines is 1. The Morgan fingerprint density at radius 1 is 0.833 bits per heavy atom. The summed E-state index contributed by atoms with van der Waals surface area (Å²) in [5, 5.41) is 0. The van der Waals surface area contributed by atoms with E-state index in [1.807, 2.05) is 6.07 Å². The molecule has 7 rings (SSSR count). The van der Waals surface area contributed by atoms with Gasteiger partial charge < -0.3 is 0 Å². The molecule has 122 valence electrons. The Labute approximate surface area is 141 Å². The van der Waals surface area contributed by atoms with Crippen LogP contribution in [0.2, 0.25) is 0 Å². The Morgan fingerprint density at radius 2 is 1.46 bits per heavy atom. The van der Waals surface area contributed by atoms with Crippen molar-refractivity contribution in [2.75, 3.05) is 4.90 Å². The van der Waals surface area contributed by atoms with Crippen LogP contribution in [0.25, 0.3) is 0 Å². The number of fused-ring (bicyclic) bond motifs is 1. The average molecular weight is 319 g/mol. The second kappa shape index (κ2) is 4.38. The number of allylic oxidation sites excluding steroid dienone is 2. The zero-order valence-electron chi connectivity index (χ0n) is 13.7. The van der Waals surface area contributed by atoms with Gasteiger partial charge in [-0.05, 0) is 79.0 Å². The van der Waals surface area contributed by atoms with Crippen molar-refractivity contribution in [3.05, 3.63) is 41.5 Å². The largest absolute Gasteiger partial charge is 0.274 e. The van der Waals surface area contributed by atoms with Crippen molar-refractivity contribution in [2.45, 2.75) is 32.1 Å². The first-order valence-electron chi connectivity index (χ1n) is 9.42. The monoisotopic (exact) mass is 319 g/mol. The third-order valence-corrected chi connectivity index (χ3v) is 7.25. The topological polar surface area (TPSA) is 37.4 Å². The zero-order chi connectivity index (χ0) is 16.0. The Hall–Kier alpha value is -1.90. The maximum Gasteiger partial charge on any atom is 0.238 e. The van der Waals surface area contributed by atoms with Crippen LogP contribution < -0.4 is 4.90 Å². The van der Waals surface area contributed by atoms with E-state index in [4.69, 9.17) is 0 Å². The number of rotatable bonds is 1. The number of carbonyl (C=O) groups excluding carboxylic acids is 2. The third-order valence-electron chi connectivity index (χ3n) is 7.25. The van der Waals surface area contributed by atoms with Gasteiger partial charge in [0, 0.05) is 0 Å². The van der Waals surface area contributed by atoms with Crippen molar-refractivity contribution < 1.29 is 9.59 Å². The molecule has 0 N–H and O–H groups in total. The molecule has 3 fully saturated rings. The number of imide groups is 1. The Bertz CT molecular complexity index is 774. The normalized spacial score (nSPS) is 41.2. The van der Waals surface area contributed by atoms with E-state index >= 15 is 0 Å². The van der Waals surface area contributed by atoms with Crippen LogP contribution in [-0.4, -0.2) is 11.8 Å². The van der Waals surface area contributed by atoms with Crippen LogP contribution >= 0.6 is 0 Å². The van der Waals surface area contributed by atoms with E-state index in [0.29, 0.717) is 23.7 Å². The minimum Gasteiger partial charge on any atom is -0.274 e. The number of hydrogen-bond acceptors (Lipinski definition) is 2. The van der Waals surface area contributed by atoms with Gasteiger partial charge in [-0.2, -0.15) is 0 Å². The first kappa shape index (κ1) is 13.4. The van der Waals surface area contributed by atoms with E-state index in [2.05, 4.69) is 24.3 Å². The lowest BCUT2D eigenvalue weighted by atomic mass is 9.63. The second-order valence-electron chi connectivity index (χ2n) is 8.33. The molecule has 2 saturated carbocycles. The molecule has 2 bridgehead atoms. The van der Waals surface area contributed by atoms with Gasteiger partial charge >= 0.3 is 0 Å². The second-order valence-corrected chi connectivity index (χ2v) is 8.33. The standard InChI is InChI=1S/C21H21NO2/c23-20-18-14-7-8-15(17-10-16(14)17)19(18)21(24)22(20)13-6-5-11-3-1-2-4-12(11)9-13/h5-9,14-19H,1-4,10H2/t14-,15-,16-,17+,18+,19+/m1/s1. The fraction of sp³-hybridized carbons (Fsp3) is 0.524. The predicted octanol–water partition coefficient (Wildman–Crippen LogP) is 3.12. The van der Waals surface area contributed by atoms with Gasteiger partial charge in [0.15, 0.2) is 0 Å². The molecule has 1 aliphatic heterocycles. The Balaban J connectivity index is 1.41. The molecule has 1 aromatic carbocycles. The first-order chi connectivity index (χ1) is 11.7. The van der Waals surface area contributed by atoms with Crippen LogP contribution in [0.3, 0.4) is 0 Å².